The van der Waals surface area contributed by atoms with Crippen LogP contribution >= 0.6 is 0 Å². The number of rotatable bonds is 2. The second-order valence-electron chi connectivity index (χ2n) is 2.90. The third-order valence-electron chi connectivity index (χ3n) is 2.04. The fourth-order valence-electron chi connectivity index (χ4n) is 1.38. The Balaban J connectivity index is 2.28. The van der Waals surface area contributed by atoms with Crippen molar-refractivity contribution in [2.24, 2.45) is 0 Å². The van der Waals surface area contributed by atoms with Gasteiger partial charge in [-0.15, -0.1) is 0 Å². The Labute approximate surface area is 76.2 Å². The standard InChI is InChI=1S/C8H12N4O/c1-9-8-7(13-12-11-8)6-3-2-4-10-5-6/h3,9-10H,2,4-5H2,1H3. The van der Waals surface area contributed by atoms with E-state index in [0.717, 1.165) is 30.8 Å². The van der Waals surface area contributed by atoms with E-state index in [2.05, 4.69) is 27.1 Å². The summed E-state index contributed by atoms with van der Waals surface area (Å²) in [5.41, 5.74) is 1.13. The summed E-state index contributed by atoms with van der Waals surface area (Å²) in [5.74, 6) is 1.45. The fraction of sp³-hybridized carbons (Fsp3) is 0.500. The average molecular weight is 180 g/mol. The fourth-order valence-corrected chi connectivity index (χ4v) is 1.38. The van der Waals surface area contributed by atoms with Gasteiger partial charge in [-0.25, -0.2) is 0 Å². The molecule has 5 heteroatoms. The van der Waals surface area contributed by atoms with Crippen LogP contribution in [0, 0.1) is 0 Å². The van der Waals surface area contributed by atoms with Gasteiger partial charge in [0.15, 0.2) is 5.82 Å². The number of hydrogen-bond acceptors (Lipinski definition) is 5. The summed E-state index contributed by atoms with van der Waals surface area (Å²) in [6.45, 7) is 1.85. The molecule has 1 aliphatic heterocycles. The predicted octanol–water partition coefficient (Wildman–Crippen LogP) is 0.488. The molecule has 0 saturated heterocycles. The predicted molar refractivity (Wildman–Crippen MR) is 49.3 cm³/mol. The van der Waals surface area contributed by atoms with Crippen LogP contribution in [0.4, 0.5) is 5.82 Å². The Bertz CT molecular complexity index is 318. The summed E-state index contributed by atoms with van der Waals surface area (Å²) in [5, 5.41) is 13.5. The van der Waals surface area contributed by atoms with Gasteiger partial charge in [-0.05, 0) is 13.0 Å². The molecule has 70 valence electrons. The summed E-state index contributed by atoms with van der Waals surface area (Å²) in [7, 11) is 1.81. The third-order valence-corrected chi connectivity index (χ3v) is 2.04. The summed E-state index contributed by atoms with van der Waals surface area (Å²) in [4.78, 5) is 0. The molecule has 2 heterocycles. The highest BCUT2D eigenvalue weighted by Crippen LogP contribution is 2.22. The molecule has 1 aromatic heterocycles. The molecule has 1 aromatic rings. The number of nitrogens with zero attached hydrogens (tertiary/aromatic N) is 2. The molecule has 0 amide bonds. The molecule has 0 aromatic carbocycles. The molecule has 0 atom stereocenters. The first-order chi connectivity index (χ1) is 6.42. The minimum Gasteiger partial charge on any atom is -0.368 e. The molecule has 0 bridgehead atoms. The first-order valence-corrected chi connectivity index (χ1v) is 4.32. The lowest BCUT2D eigenvalue weighted by molar-refractivity contribution is 0.383. The number of hydrogen-bond donors (Lipinski definition) is 2. The van der Waals surface area contributed by atoms with Gasteiger partial charge in [-0.1, -0.05) is 11.2 Å². The van der Waals surface area contributed by atoms with Crippen molar-refractivity contribution in [1.29, 1.82) is 0 Å². The van der Waals surface area contributed by atoms with Crippen LogP contribution in [-0.4, -0.2) is 30.5 Å². The van der Waals surface area contributed by atoms with E-state index >= 15 is 0 Å². The normalized spacial score (nSPS) is 16.8. The van der Waals surface area contributed by atoms with Crippen LogP contribution in [0.3, 0.4) is 0 Å². The number of aromatic nitrogens is 2. The SMILES string of the molecule is CNc1nnoc1C1=CCCNC1. The van der Waals surface area contributed by atoms with Crippen LogP contribution in [0.1, 0.15) is 12.2 Å². The molecule has 2 rings (SSSR count). The first-order valence-electron chi connectivity index (χ1n) is 4.32. The Hall–Kier alpha value is -1.36. The monoisotopic (exact) mass is 180 g/mol. The number of nitrogens with one attached hydrogen (secondary N) is 2. The van der Waals surface area contributed by atoms with Gasteiger partial charge < -0.3 is 15.2 Å². The maximum Gasteiger partial charge on any atom is 0.208 e. The molecule has 5 nitrogen and oxygen atoms in total. The van der Waals surface area contributed by atoms with Crippen molar-refractivity contribution in [3.05, 3.63) is 11.8 Å². The van der Waals surface area contributed by atoms with Crippen molar-refractivity contribution in [3.63, 3.8) is 0 Å². The smallest absolute Gasteiger partial charge is 0.208 e. The largest absolute Gasteiger partial charge is 0.368 e. The van der Waals surface area contributed by atoms with E-state index in [-0.39, 0.29) is 0 Å². The molecule has 0 unspecified atom stereocenters. The molecule has 0 fully saturated rings. The highest BCUT2D eigenvalue weighted by Gasteiger charge is 2.15. The van der Waals surface area contributed by atoms with Crippen molar-refractivity contribution in [1.82, 2.24) is 15.7 Å². The van der Waals surface area contributed by atoms with E-state index < -0.39 is 0 Å². The van der Waals surface area contributed by atoms with Crippen LogP contribution in [0.15, 0.2) is 10.6 Å². The van der Waals surface area contributed by atoms with Crippen LogP contribution in [0.5, 0.6) is 0 Å². The number of anilines is 1. The molecular formula is C8H12N4O. The van der Waals surface area contributed by atoms with E-state index in [0.29, 0.717) is 5.82 Å². The lowest BCUT2D eigenvalue weighted by Crippen LogP contribution is -2.21. The van der Waals surface area contributed by atoms with E-state index in [1.807, 2.05) is 0 Å². The van der Waals surface area contributed by atoms with Crippen LogP contribution in [0.2, 0.25) is 0 Å². The molecule has 1 aliphatic rings. The summed E-state index contributed by atoms with van der Waals surface area (Å²) in [6, 6.07) is 0. The zero-order valence-corrected chi connectivity index (χ0v) is 7.50. The van der Waals surface area contributed by atoms with Crippen molar-refractivity contribution in [2.45, 2.75) is 6.42 Å². The third kappa shape index (κ3) is 1.55. The van der Waals surface area contributed by atoms with Crippen molar-refractivity contribution in [2.75, 3.05) is 25.5 Å². The van der Waals surface area contributed by atoms with Gasteiger partial charge in [-0.2, -0.15) is 0 Å². The molecule has 13 heavy (non-hydrogen) atoms. The Morgan fingerprint density at radius 3 is 3.23 bits per heavy atom. The second-order valence-corrected chi connectivity index (χ2v) is 2.90. The van der Waals surface area contributed by atoms with Gasteiger partial charge in [-0.3, -0.25) is 0 Å². The van der Waals surface area contributed by atoms with Crippen molar-refractivity contribution < 1.29 is 4.52 Å². The molecule has 2 N–H and O–H groups in total. The lowest BCUT2D eigenvalue weighted by Gasteiger charge is -2.11. The van der Waals surface area contributed by atoms with Gasteiger partial charge in [0.1, 0.15) is 0 Å². The summed E-state index contributed by atoms with van der Waals surface area (Å²) >= 11 is 0. The maximum atomic E-state index is 5.06. The maximum absolute atomic E-state index is 5.06. The lowest BCUT2D eigenvalue weighted by atomic mass is 10.1. The van der Waals surface area contributed by atoms with Gasteiger partial charge in [0.2, 0.25) is 5.76 Å². The quantitative estimate of drug-likeness (QED) is 0.693. The van der Waals surface area contributed by atoms with E-state index in [1.54, 1.807) is 7.05 Å². The summed E-state index contributed by atoms with van der Waals surface area (Å²) < 4.78 is 5.06. The topological polar surface area (TPSA) is 63.0 Å². The molecule has 0 spiro atoms. The van der Waals surface area contributed by atoms with Crippen LogP contribution < -0.4 is 10.6 Å². The summed E-state index contributed by atoms with van der Waals surface area (Å²) in [6.07, 6.45) is 3.18. The van der Waals surface area contributed by atoms with Gasteiger partial charge in [0.25, 0.3) is 0 Å². The van der Waals surface area contributed by atoms with Gasteiger partial charge in [0, 0.05) is 24.4 Å². The van der Waals surface area contributed by atoms with Crippen LogP contribution in [-0.2, 0) is 0 Å². The zero-order valence-electron chi connectivity index (χ0n) is 7.50. The van der Waals surface area contributed by atoms with E-state index in [9.17, 15) is 0 Å². The van der Waals surface area contributed by atoms with Crippen molar-refractivity contribution in [3.8, 4) is 0 Å². The molecule has 0 saturated carbocycles. The van der Waals surface area contributed by atoms with E-state index in [4.69, 9.17) is 4.52 Å². The molecule has 0 aliphatic carbocycles. The first kappa shape index (κ1) is 8.25. The second kappa shape index (κ2) is 3.57. The van der Waals surface area contributed by atoms with Gasteiger partial charge >= 0.3 is 0 Å². The minimum atomic E-state index is 0.704. The average Bonchev–Trinajstić information content (AvgIpc) is 2.67. The Morgan fingerprint density at radius 2 is 2.54 bits per heavy atom. The Kier molecular flexibility index (Phi) is 2.27. The highest BCUT2D eigenvalue weighted by molar-refractivity contribution is 5.71. The van der Waals surface area contributed by atoms with Gasteiger partial charge in [0.05, 0.1) is 0 Å². The van der Waals surface area contributed by atoms with Crippen molar-refractivity contribution >= 4 is 11.4 Å². The molecular weight excluding hydrogens is 168 g/mol. The molecule has 0 radical (unpaired) electrons. The Morgan fingerprint density at radius 1 is 1.62 bits per heavy atom. The minimum absolute atomic E-state index is 0.704. The van der Waals surface area contributed by atoms with Crippen LogP contribution in [0.25, 0.3) is 5.57 Å². The van der Waals surface area contributed by atoms with E-state index in [1.165, 1.54) is 0 Å². The highest BCUT2D eigenvalue weighted by atomic mass is 16.5. The zero-order chi connectivity index (χ0) is 9.10.